The second-order valence-electron chi connectivity index (χ2n) is 7.50. The fourth-order valence-electron chi connectivity index (χ4n) is 3.60. The number of hydrogen-bond donors (Lipinski definition) is 0. The molecule has 2 nitrogen and oxygen atoms in total. The molecule has 0 spiro atoms. The van der Waals surface area contributed by atoms with E-state index in [0.717, 1.165) is 43.0 Å². The van der Waals surface area contributed by atoms with Crippen LogP contribution in [0, 0.1) is 0 Å². The number of benzene rings is 3. The third kappa shape index (κ3) is 6.33. The van der Waals surface area contributed by atoms with Gasteiger partial charge < -0.3 is 9.22 Å². The lowest BCUT2D eigenvalue weighted by atomic mass is 10.1. The highest BCUT2D eigenvalue weighted by atomic mass is 16.5. The van der Waals surface area contributed by atoms with Gasteiger partial charge in [-0.1, -0.05) is 84.9 Å². The minimum atomic E-state index is 0.730. The number of nitrogens with zero attached hydrogens (tertiary/aromatic N) is 1. The topological polar surface area (TPSA) is 9.23 Å². The molecule has 3 rings (SSSR count). The van der Waals surface area contributed by atoms with E-state index in [9.17, 15) is 0 Å². The molecule has 0 fully saturated rings. The van der Waals surface area contributed by atoms with Gasteiger partial charge in [-0.2, -0.15) is 0 Å². The van der Waals surface area contributed by atoms with Crippen molar-refractivity contribution in [3.63, 3.8) is 0 Å². The SMILES string of the molecule is CC[N+](CC)(CCOc1ccc(C=Cc2ccccc2)cc1)Cc1ccccc1. The molecule has 0 aliphatic heterocycles. The standard InChI is InChI=1S/C27H32NO/c1-3-28(4-2,23-26-13-9-6-10-14-26)21-22-29-27-19-17-25(18-20-27)16-15-24-11-7-5-8-12-24/h5-20H,3-4,21-23H2,1-2H3/q+1. The maximum absolute atomic E-state index is 6.08. The van der Waals surface area contributed by atoms with Crippen LogP contribution >= 0.6 is 0 Å². The predicted octanol–water partition coefficient (Wildman–Crippen LogP) is 6.29. The lowest BCUT2D eigenvalue weighted by molar-refractivity contribution is -0.937. The van der Waals surface area contributed by atoms with Crippen LogP contribution in [0.3, 0.4) is 0 Å². The summed E-state index contributed by atoms with van der Waals surface area (Å²) >= 11 is 0. The molecule has 0 aromatic heterocycles. The molecule has 29 heavy (non-hydrogen) atoms. The van der Waals surface area contributed by atoms with Crippen molar-refractivity contribution in [1.82, 2.24) is 0 Å². The van der Waals surface area contributed by atoms with Crippen molar-refractivity contribution in [3.8, 4) is 5.75 Å². The number of quaternary nitrogens is 1. The molecular weight excluding hydrogens is 354 g/mol. The van der Waals surface area contributed by atoms with Gasteiger partial charge in [0.25, 0.3) is 0 Å². The Kier molecular flexibility index (Phi) is 7.66. The summed E-state index contributed by atoms with van der Waals surface area (Å²) in [6, 6.07) is 29.5. The Balaban J connectivity index is 1.54. The summed E-state index contributed by atoms with van der Waals surface area (Å²) in [4.78, 5) is 0. The van der Waals surface area contributed by atoms with Crippen molar-refractivity contribution in [2.75, 3.05) is 26.2 Å². The van der Waals surface area contributed by atoms with E-state index < -0.39 is 0 Å². The third-order valence-electron chi connectivity index (χ3n) is 5.68. The smallest absolute Gasteiger partial charge is 0.137 e. The fraction of sp³-hybridized carbons (Fsp3) is 0.259. The number of hydrogen-bond acceptors (Lipinski definition) is 1. The second kappa shape index (κ2) is 10.6. The Morgan fingerprint density at radius 3 is 1.83 bits per heavy atom. The van der Waals surface area contributed by atoms with E-state index in [4.69, 9.17) is 4.74 Å². The largest absolute Gasteiger partial charge is 0.488 e. The van der Waals surface area contributed by atoms with Crippen LogP contribution < -0.4 is 4.74 Å². The summed E-state index contributed by atoms with van der Waals surface area (Å²) in [6.45, 7) is 9.57. The van der Waals surface area contributed by atoms with Gasteiger partial charge in [-0.3, -0.25) is 0 Å². The minimum Gasteiger partial charge on any atom is -0.488 e. The summed E-state index contributed by atoms with van der Waals surface area (Å²) in [5, 5.41) is 0. The van der Waals surface area contributed by atoms with Crippen molar-refractivity contribution in [2.24, 2.45) is 0 Å². The van der Waals surface area contributed by atoms with Crippen LogP contribution in [0.15, 0.2) is 84.9 Å². The van der Waals surface area contributed by atoms with Gasteiger partial charge in [0.05, 0.1) is 13.1 Å². The molecule has 0 aliphatic rings. The summed E-state index contributed by atoms with van der Waals surface area (Å²) < 4.78 is 7.12. The molecule has 3 aromatic rings. The van der Waals surface area contributed by atoms with Crippen molar-refractivity contribution in [1.29, 1.82) is 0 Å². The zero-order valence-corrected chi connectivity index (χ0v) is 17.6. The van der Waals surface area contributed by atoms with Crippen LogP contribution in [0.25, 0.3) is 12.2 Å². The zero-order chi connectivity index (χ0) is 20.4. The van der Waals surface area contributed by atoms with E-state index in [-0.39, 0.29) is 0 Å². The van der Waals surface area contributed by atoms with Crippen LogP contribution in [0.2, 0.25) is 0 Å². The van der Waals surface area contributed by atoms with Crippen LogP contribution in [-0.4, -0.2) is 30.7 Å². The highest BCUT2D eigenvalue weighted by Gasteiger charge is 2.23. The monoisotopic (exact) mass is 386 g/mol. The molecule has 150 valence electrons. The Hall–Kier alpha value is -2.84. The third-order valence-corrected chi connectivity index (χ3v) is 5.68. The Morgan fingerprint density at radius 2 is 1.24 bits per heavy atom. The minimum absolute atomic E-state index is 0.730. The molecule has 0 heterocycles. The van der Waals surface area contributed by atoms with E-state index in [1.165, 1.54) is 16.7 Å². The van der Waals surface area contributed by atoms with E-state index in [1.54, 1.807) is 0 Å². The van der Waals surface area contributed by atoms with Crippen LogP contribution in [0.1, 0.15) is 30.5 Å². The normalized spacial score (nSPS) is 11.7. The molecule has 0 amide bonds. The average Bonchev–Trinajstić information content (AvgIpc) is 2.79. The van der Waals surface area contributed by atoms with E-state index >= 15 is 0 Å². The molecule has 0 saturated carbocycles. The molecule has 2 heteroatoms. The number of likely N-dealkylation sites (N-methyl/N-ethyl adjacent to an activating group) is 1. The summed E-state index contributed by atoms with van der Waals surface area (Å²) in [6.07, 6.45) is 4.27. The first-order valence-electron chi connectivity index (χ1n) is 10.6. The number of rotatable bonds is 10. The lowest BCUT2D eigenvalue weighted by Gasteiger charge is -2.37. The average molecular weight is 387 g/mol. The maximum Gasteiger partial charge on any atom is 0.137 e. The van der Waals surface area contributed by atoms with Crippen molar-refractivity contribution < 1.29 is 9.22 Å². The number of ether oxygens (including phenoxy) is 1. The van der Waals surface area contributed by atoms with Gasteiger partial charge in [-0.25, -0.2) is 0 Å². The molecule has 0 saturated heterocycles. The summed E-state index contributed by atoms with van der Waals surface area (Å²) in [7, 11) is 0. The summed E-state index contributed by atoms with van der Waals surface area (Å²) in [5.41, 5.74) is 3.78. The van der Waals surface area contributed by atoms with E-state index in [1.807, 2.05) is 6.07 Å². The van der Waals surface area contributed by atoms with Gasteiger partial charge in [-0.15, -0.1) is 0 Å². The molecule has 0 aliphatic carbocycles. The first-order valence-corrected chi connectivity index (χ1v) is 10.6. The molecule has 0 unspecified atom stereocenters. The quantitative estimate of drug-likeness (QED) is 0.294. The highest BCUT2D eigenvalue weighted by molar-refractivity contribution is 5.69. The van der Waals surface area contributed by atoms with E-state index in [0.29, 0.717) is 0 Å². The van der Waals surface area contributed by atoms with Gasteiger partial charge in [-0.05, 0) is 37.1 Å². The van der Waals surface area contributed by atoms with E-state index in [2.05, 4.69) is 105 Å². The second-order valence-corrected chi connectivity index (χ2v) is 7.50. The Bertz CT molecular complexity index is 865. The van der Waals surface area contributed by atoms with Gasteiger partial charge in [0.15, 0.2) is 0 Å². The molecule has 0 N–H and O–H groups in total. The van der Waals surface area contributed by atoms with Gasteiger partial charge in [0.2, 0.25) is 0 Å². The molecule has 3 aromatic carbocycles. The zero-order valence-electron chi connectivity index (χ0n) is 17.6. The molecule has 0 bridgehead atoms. The van der Waals surface area contributed by atoms with Crippen LogP contribution in [0.5, 0.6) is 5.75 Å². The highest BCUT2D eigenvalue weighted by Crippen LogP contribution is 2.17. The fourth-order valence-corrected chi connectivity index (χ4v) is 3.60. The maximum atomic E-state index is 6.08. The van der Waals surface area contributed by atoms with Gasteiger partial charge >= 0.3 is 0 Å². The molecular formula is C27H32NO+. The Morgan fingerprint density at radius 1 is 0.690 bits per heavy atom. The van der Waals surface area contributed by atoms with Gasteiger partial charge in [0, 0.05) is 5.56 Å². The van der Waals surface area contributed by atoms with Crippen molar-refractivity contribution in [2.45, 2.75) is 20.4 Å². The first kappa shape index (κ1) is 20.9. The predicted molar refractivity (Wildman–Crippen MR) is 124 cm³/mol. The lowest BCUT2D eigenvalue weighted by Crippen LogP contribution is -2.49. The molecule has 0 radical (unpaired) electrons. The van der Waals surface area contributed by atoms with Crippen LogP contribution in [0.4, 0.5) is 0 Å². The van der Waals surface area contributed by atoms with Crippen LogP contribution in [-0.2, 0) is 6.54 Å². The van der Waals surface area contributed by atoms with Crippen molar-refractivity contribution >= 4 is 12.2 Å². The van der Waals surface area contributed by atoms with Crippen molar-refractivity contribution in [3.05, 3.63) is 102 Å². The molecule has 0 atom stereocenters. The van der Waals surface area contributed by atoms with Gasteiger partial charge in [0.1, 0.15) is 25.4 Å². The summed E-state index contributed by atoms with van der Waals surface area (Å²) in [5.74, 6) is 0.937. The Labute approximate surface area is 175 Å². The first-order chi connectivity index (χ1) is 14.2.